The molecule has 80 valence electrons. The number of carbonyl (C=O) groups is 2. The lowest BCUT2D eigenvalue weighted by atomic mass is 9.84. The first kappa shape index (κ1) is 11.4. The average Bonchev–Trinajstić information content (AvgIpc) is 2.64. The number of ketones is 2. The molecule has 0 aliphatic heterocycles. The minimum Gasteiger partial charge on any atom is -0.469 e. The van der Waals surface area contributed by atoms with E-state index in [-0.39, 0.29) is 17.5 Å². The van der Waals surface area contributed by atoms with Gasteiger partial charge in [0.1, 0.15) is 17.3 Å². The topological polar surface area (TPSA) is 47.3 Å². The molecule has 0 fully saturated rings. The molecule has 0 bridgehead atoms. The summed E-state index contributed by atoms with van der Waals surface area (Å²) in [6.45, 7) is 6.45. The molecule has 0 aromatic carbocycles. The van der Waals surface area contributed by atoms with Crippen LogP contribution in [0.25, 0.3) is 0 Å². The third-order valence-corrected chi connectivity index (χ3v) is 2.36. The number of hydrogen-bond donors (Lipinski definition) is 0. The fraction of sp³-hybridized carbons (Fsp3) is 0.333. The monoisotopic (exact) mass is 206 g/mol. The number of furan rings is 1. The van der Waals surface area contributed by atoms with Crippen LogP contribution in [-0.2, 0) is 9.59 Å². The maximum absolute atomic E-state index is 11.4. The summed E-state index contributed by atoms with van der Waals surface area (Å²) < 4.78 is 5.19. The second-order valence-corrected chi connectivity index (χ2v) is 3.48. The molecule has 0 amide bonds. The van der Waals surface area contributed by atoms with E-state index >= 15 is 0 Å². The third-order valence-electron chi connectivity index (χ3n) is 2.36. The Hall–Kier alpha value is -1.64. The molecule has 1 aromatic rings. The average molecular weight is 206 g/mol. The van der Waals surface area contributed by atoms with Crippen LogP contribution in [0.2, 0.25) is 0 Å². The summed E-state index contributed by atoms with van der Waals surface area (Å²) in [6, 6.07) is 3.47. The second kappa shape index (κ2) is 4.73. The van der Waals surface area contributed by atoms with Gasteiger partial charge in [-0.05, 0) is 26.0 Å². The highest BCUT2D eigenvalue weighted by atomic mass is 16.3. The molecular formula is C12H14O3. The van der Waals surface area contributed by atoms with E-state index in [0.717, 1.165) is 0 Å². The van der Waals surface area contributed by atoms with Crippen LogP contribution in [-0.4, -0.2) is 11.6 Å². The molecule has 1 aromatic heterocycles. The fourth-order valence-electron chi connectivity index (χ4n) is 1.69. The van der Waals surface area contributed by atoms with Gasteiger partial charge in [-0.25, -0.2) is 0 Å². The van der Waals surface area contributed by atoms with E-state index in [9.17, 15) is 9.59 Å². The Labute approximate surface area is 88.8 Å². The predicted octanol–water partition coefficient (Wildman–Crippen LogP) is 2.34. The van der Waals surface area contributed by atoms with E-state index in [2.05, 4.69) is 6.58 Å². The number of Topliss-reactive ketones (excluding diaryl/α,β-unsaturated/α-hetero) is 2. The molecule has 15 heavy (non-hydrogen) atoms. The summed E-state index contributed by atoms with van der Waals surface area (Å²) >= 11 is 0. The minimum absolute atomic E-state index is 0.163. The zero-order valence-electron chi connectivity index (χ0n) is 8.90. The highest BCUT2D eigenvalue weighted by molar-refractivity contribution is 6.01. The van der Waals surface area contributed by atoms with E-state index in [1.54, 1.807) is 18.2 Å². The molecule has 1 rings (SSSR count). The molecule has 3 nitrogen and oxygen atoms in total. The molecule has 0 aliphatic carbocycles. The zero-order chi connectivity index (χ0) is 11.4. The highest BCUT2D eigenvalue weighted by Gasteiger charge is 2.30. The minimum atomic E-state index is -0.686. The molecular weight excluding hydrogens is 192 g/mol. The lowest BCUT2D eigenvalue weighted by molar-refractivity contribution is -0.131. The van der Waals surface area contributed by atoms with Gasteiger partial charge >= 0.3 is 0 Å². The molecule has 1 heterocycles. The first-order valence-corrected chi connectivity index (χ1v) is 4.74. The van der Waals surface area contributed by atoms with Crippen molar-refractivity contribution >= 4 is 11.6 Å². The van der Waals surface area contributed by atoms with Crippen molar-refractivity contribution in [2.75, 3.05) is 0 Å². The molecule has 0 unspecified atom stereocenters. The van der Waals surface area contributed by atoms with Crippen LogP contribution in [0.5, 0.6) is 0 Å². The normalized spacial score (nSPS) is 12.5. The van der Waals surface area contributed by atoms with Gasteiger partial charge in [-0.2, -0.15) is 0 Å². The van der Waals surface area contributed by atoms with Crippen molar-refractivity contribution in [3.63, 3.8) is 0 Å². The molecule has 0 radical (unpaired) electrons. The molecule has 1 atom stereocenters. The maximum atomic E-state index is 11.4. The summed E-state index contributed by atoms with van der Waals surface area (Å²) in [4.78, 5) is 22.7. The number of hydrogen-bond acceptors (Lipinski definition) is 3. The standard InChI is InChI=1S/C12H14O3/c1-4-10(11-6-5-7-15-11)12(8(2)13)9(3)14/h4-7,10,12H,1H2,2-3H3/t10-/m1/s1. The first-order valence-electron chi connectivity index (χ1n) is 4.74. The van der Waals surface area contributed by atoms with Crippen LogP contribution >= 0.6 is 0 Å². The summed E-state index contributed by atoms with van der Waals surface area (Å²) in [6.07, 6.45) is 3.09. The largest absolute Gasteiger partial charge is 0.469 e. The van der Waals surface area contributed by atoms with Crippen LogP contribution in [0, 0.1) is 5.92 Å². The molecule has 3 heteroatoms. The second-order valence-electron chi connectivity index (χ2n) is 3.48. The van der Waals surface area contributed by atoms with E-state index in [4.69, 9.17) is 4.42 Å². The summed E-state index contributed by atoms with van der Waals surface area (Å²) in [5.41, 5.74) is 0. The Morgan fingerprint density at radius 2 is 2.00 bits per heavy atom. The fourth-order valence-corrected chi connectivity index (χ4v) is 1.69. The predicted molar refractivity (Wildman–Crippen MR) is 56.5 cm³/mol. The molecule has 0 spiro atoms. The van der Waals surface area contributed by atoms with E-state index in [1.807, 2.05) is 0 Å². The van der Waals surface area contributed by atoms with Crippen LogP contribution in [0.4, 0.5) is 0 Å². The molecule has 0 saturated carbocycles. The lowest BCUT2D eigenvalue weighted by Crippen LogP contribution is -2.25. The Bertz CT molecular complexity index is 348. The summed E-state index contributed by atoms with van der Waals surface area (Å²) in [7, 11) is 0. The Kier molecular flexibility index (Phi) is 3.61. The van der Waals surface area contributed by atoms with Crippen LogP contribution in [0.15, 0.2) is 35.5 Å². The van der Waals surface area contributed by atoms with Gasteiger partial charge < -0.3 is 4.42 Å². The first-order chi connectivity index (χ1) is 7.07. The third kappa shape index (κ3) is 2.43. The van der Waals surface area contributed by atoms with Crippen molar-refractivity contribution in [1.29, 1.82) is 0 Å². The lowest BCUT2D eigenvalue weighted by Gasteiger charge is -2.17. The van der Waals surface area contributed by atoms with Gasteiger partial charge in [-0.15, -0.1) is 6.58 Å². The van der Waals surface area contributed by atoms with E-state index in [1.165, 1.54) is 20.1 Å². The van der Waals surface area contributed by atoms with Crippen molar-refractivity contribution in [3.8, 4) is 0 Å². The van der Waals surface area contributed by atoms with Crippen molar-refractivity contribution in [3.05, 3.63) is 36.8 Å². The number of rotatable bonds is 5. The summed E-state index contributed by atoms with van der Waals surface area (Å²) in [5.74, 6) is -0.781. The van der Waals surface area contributed by atoms with Crippen molar-refractivity contribution in [2.24, 2.45) is 5.92 Å². The van der Waals surface area contributed by atoms with Crippen molar-refractivity contribution in [1.82, 2.24) is 0 Å². The van der Waals surface area contributed by atoms with Gasteiger partial charge in [-0.1, -0.05) is 6.08 Å². The number of carbonyl (C=O) groups excluding carboxylic acids is 2. The molecule has 0 aliphatic rings. The Morgan fingerprint density at radius 3 is 2.33 bits per heavy atom. The zero-order valence-corrected chi connectivity index (χ0v) is 8.90. The van der Waals surface area contributed by atoms with Crippen LogP contribution in [0.1, 0.15) is 25.5 Å². The van der Waals surface area contributed by atoms with E-state index in [0.29, 0.717) is 5.76 Å². The highest BCUT2D eigenvalue weighted by Crippen LogP contribution is 2.27. The van der Waals surface area contributed by atoms with Gasteiger partial charge in [0.2, 0.25) is 0 Å². The summed E-state index contributed by atoms with van der Waals surface area (Å²) in [5, 5.41) is 0. The quantitative estimate of drug-likeness (QED) is 0.548. The Balaban J connectivity index is 3.04. The van der Waals surface area contributed by atoms with Gasteiger partial charge in [0.05, 0.1) is 18.1 Å². The van der Waals surface area contributed by atoms with Crippen molar-refractivity contribution in [2.45, 2.75) is 19.8 Å². The van der Waals surface area contributed by atoms with Crippen molar-refractivity contribution < 1.29 is 14.0 Å². The Morgan fingerprint density at radius 1 is 1.40 bits per heavy atom. The van der Waals surface area contributed by atoms with E-state index < -0.39 is 5.92 Å². The van der Waals surface area contributed by atoms with Crippen LogP contribution in [0.3, 0.4) is 0 Å². The van der Waals surface area contributed by atoms with Gasteiger partial charge in [0.15, 0.2) is 0 Å². The molecule has 0 N–H and O–H groups in total. The van der Waals surface area contributed by atoms with Gasteiger partial charge in [-0.3, -0.25) is 9.59 Å². The number of allylic oxidation sites excluding steroid dienone is 1. The molecule has 0 saturated heterocycles. The maximum Gasteiger partial charge on any atom is 0.141 e. The van der Waals surface area contributed by atoms with Crippen LogP contribution < -0.4 is 0 Å². The smallest absolute Gasteiger partial charge is 0.141 e. The van der Waals surface area contributed by atoms with Gasteiger partial charge in [0.25, 0.3) is 0 Å². The SMILES string of the molecule is C=C[C@H](c1ccco1)C(C(C)=O)C(C)=O. The van der Waals surface area contributed by atoms with Gasteiger partial charge in [0, 0.05) is 0 Å².